The summed E-state index contributed by atoms with van der Waals surface area (Å²) in [4.78, 5) is 29.9. The van der Waals surface area contributed by atoms with E-state index in [2.05, 4.69) is 10.1 Å². The number of hydrogen-bond acceptors (Lipinski definition) is 5. The van der Waals surface area contributed by atoms with Crippen molar-refractivity contribution in [3.05, 3.63) is 41.3 Å². The van der Waals surface area contributed by atoms with E-state index in [4.69, 9.17) is 11.5 Å². The fourth-order valence-electron chi connectivity index (χ4n) is 3.62. The Morgan fingerprint density at radius 3 is 2.46 bits per heavy atom. The molecule has 1 aliphatic rings. The van der Waals surface area contributed by atoms with Gasteiger partial charge in [-0.1, -0.05) is 0 Å². The Hall–Kier alpha value is -3.11. The van der Waals surface area contributed by atoms with Crippen molar-refractivity contribution in [2.24, 2.45) is 24.4 Å². The standard InChI is InChI=1S/C17H19F3N6O2/c1-9-3-11(17(18,19)20)4-13(24-9)26-7-10(14(21)27)5-16(26,15(22)28)12-6-23-25(2)8-12/h3-4,6,8,10H,5,7H2,1-2H3,(H2,21,27)(H2,22,28). The number of aryl methyl sites for hydroxylation is 2. The van der Waals surface area contributed by atoms with Crippen LogP contribution in [0.3, 0.4) is 0 Å². The minimum absolute atomic E-state index is 0.0830. The molecule has 0 bridgehead atoms. The number of pyridine rings is 1. The van der Waals surface area contributed by atoms with Crippen LogP contribution < -0.4 is 16.4 Å². The van der Waals surface area contributed by atoms with Crippen LogP contribution in [0, 0.1) is 12.8 Å². The van der Waals surface area contributed by atoms with Crippen LogP contribution in [0.4, 0.5) is 19.0 Å². The molecule has 0 spiro atoms. The van der Waals surface area contributed by atoms with Gasteiger partial charge in [0.1, 0.15) is 11.4 Å². The van der Waals surface area contributed by atoms with Crippen LogP contribution >= 0.6 is 0 Å². The molecule has 2 unspecified atom stereocenters. The van der Waals surface area contributed by atoms with Gasteiger partial charge < -0.3 is 16.4 Å². The highest BCUT2D eigenvalue weighted by Crippen LogP contribution is 2.44. The van der Waals surface area contributed by atoms with E-state index in [0.29, 0.717) is 5.56 Å². The second-order valence-corrected chi connectivity index (χ2v) is 6.89. The van der Waals surface area contributed by atoms with Crippen LogP contribution in [-0.4, -0.2) is 33.1 Å². The first-order valence-electron chi connectivity index (χ1n) is 8.37. The predicted octanol–water partition coefficient (Wildman–Crippen LogP) is 0.835. The second-order valence-electron chi connectivity index (χ2n) is 6.89. The molecule has 3 heterocycles. The van der Waals surface area contributed by atoms with Crippen molar-refractivity contribution >= 4 is 17.6 Å². The molecule has 1 saturated heterocycles. The van der Waals surface area contributed by atoms with Gasteiger partial charge >= 0.3 is 6.18 Å². The Morgan fingerprint density at radius 1 is 1.29 bits per heavy atom. The topological polar surface area (TPSA) is 120 Å². The molecule has 8 nitrogen and oxygen atoms in total. The van der Waals surface area contributed by atoms with Crippen molar-refractivity contribution < 1.29 is 22.8 Å². The first-order valence-corrected chi connectivity index (χ1v) is 8.37. The zero-order chi connectivity index (χ0) is 20.9. The van der Waals surface area contributed by atoms with E-state index < -0.39 is 35.0 Å². The molecular formula is C17H19F3N6O2. The molecule has 1 fully saturated rings. The summed E-state index contributed by atoms with van der Waals surface area (Å²) >= 11 is 0. The largest absolute Gasteiger partial charge is 0.416 e. The number of halogens is 3. The maximum atomic E-state index is 13.3. The third-order valence-electron chi connectivity index (χ3n) is 4.94. The number of nitrogens with two attached hydrogens (primary N) is 2. The number of aromatic nitrogens is 3. The van der Waals surface area contributed by atoms with Gasteiger partial charge in [-0.25, -0.2) is 4.98 Å². The number of alkyl halides is 3. The van der Waals surface area contributed by atoms with Gasteiger partial charge in [0, 0.05) is 31.0 Å². The van der Waals surface area contributed by atoms with E-state index in [1.54, 1.807) is 7.05 Å². The predicted molar refractivity (Wildman–Crippen MR) is 92.7 cm³/mol. The maximum absolute atomic E-state index is 13.3. The van der Waals surface area contributed by atoms with Crippen LogP contribution in [0.2, 0.25) is 0 Å². The number of hydrogen-bond donors (Lipinski definition) is 2. The van der Waals surface area contributed by atoms with Gasteiger partial charge in [-0.3, -0.25) is 14.3 Å². The molecule has 0 radical (unpaired) electrons. The van der Waals surface area contributed by atoms with E-state index in [9.17, 15) is 22.8 Å². The molecule has 2 aromatic heterocycles. The average molecular weight is 396 g/mol. The third kappa shape index (κ3) is 3.16. The molecule has 0 saturated carbocycles. The Morgan fingerprint density at radius 2 is 1.96 bits per heavy atom. The zero-order valence-corrected chi connectivity index (χ0v) is 15.2. The summed E-state index contributed by atoms with van der Waals surface area (Å²) in [6, 6.07) is 1.74. The van der Waals surface area contributed by atoms with Gasteiger partial charge in [0.05, 0.1) is 17.7 Å². The van der Waals surface area contributed by atoms with E-state index in [0.717, 1.165) is 12.1 Å². The van der Waals surface area contributed by atoms with Crippen molar-refractivity contribution in [2.45, 2.75) is 25.1 Å². The van der Waals surface area contributed by atoms with E-state index in [-0.39, 0.29) is 24.5 Å². The van der Waals surface area contributed by atoms with Crippen molar-refractivity contribution in [1.29, 1.82) is 0 Å². The number of rotatable bonds is 4. The number of amides is 2. The van der Waals surface area contributed by atoms with Crippen LogP contribution in [0.25, 0.3) is 0 Å². The molecule has 2 amide bonds. The number of nitrogens with zero attached hydrogens (tertiary/aromatic N) is 4. The summed E-state index contributed by atoms with van der Waals surface area (Å²) in [7, 11) is 1.62. The summed E-state index contributed by atoms with van der Waals surface area (Å²) in [6.07, 6.45) is -1.77. The smallest absolute Gasteiger partial charge is 0.369 e. The van der Waals surface area contributed by atoms with Crippen molar-refractivity contribution in [3.8, 4) is 0 Å². The maximum Gasteiger partial charge on any atom is 0.416 e. The Labute approximate surface area is 158 Å². The van der Waals surface area contributed by atoms with Crippen LogP contribution in [-0.2, 0) is 28.4 Å². The zero-order valence-electron chi connectivity index (χ0n) is 15.2. The lowest BCUT2D eigenvalue weighted by molar-refractivity contribution is -0.137. The van der Waals surface area contributed by atoms with Gasteiger partial charge in [-0.15, -0.1) is 0 Å². The minimum Gasteiger partial charge on any atom is -0.369 e. The number of carbonyl (C=O) groups excluding carboxylic acids is 2. The molecule has 3 rings (SSSR count). The monoisotopic (exact) mass is 396 g/mol. The Bertz CT molecular complexity index is 941. The highest BCUT2D eigenvalue weighted by atomic mass is 19.4. The molecule has 2 aromatic rings. The fraction of sp³-hybridized carbons (Fsp3) is 0.412. The molecule has 0 aliphatic carbocycles. The molecule has 4 N–H and O–H groups in total. The highest BCUT2D eigenvalue weighted by molar-refractivity contribution is 5.92. The Balaban J connectivity index is 2.22. The van der Waals surface area contributed by atoms with Gasteiger partial charge in [-0.2, -0.15) is 18.3 Å². The fourth-order valence-corrected chi connectivity index (χ4v) is 3.62. The average Bonchev–Trinajstić information content (AvgIpc) is 3.18. The molecule has 2 atom stereocenters. The van der Waals surface area contributed by atoms with Crippen molar-refractivity contribution in [1.82, 2.24) is 14.8 Å². The molecule has 0 aromatic carbocycles. The highest BCUT2D eigenvalue weighted by Gasteiger charge is 2.54. The number of primary amides is 2. The third-order valence-corrected chi connectivity index (χ3v) is 4.94. The summed E-state index contributed by atoms with van der Waals surface area (Å²) in [5.41, 5.74) is 9.08. The summed E-state index contributed by atoms with van der Waals surface area (Å²) in [6.45, 7) is 1.32. The quantitative estimate of drug-likeness (QED) is 0.793. The van der Waals surface area contributed by atoms with Crippen LogP contribution in [0.5, 0.6) is 0 Å². The lowest BCUT2D eigenvalue weighted by Crippen LogP contribution is -2.51. The SMILES string of the molecule is Cc1cc(C(F)(F)F)cc(N2CC(C(N)=O)CC2(C(N)=O)c2cnn(C)c2)n1. The van der Waals surface area contributed by atoms with E-state index >= 15 is 0 Å². The first-order chi connectivity index (χ1) is 12.9. The lowest BCUT2D eigenvalue weighted by atomic mass is 9.85. The van der Waals surface area contributed by atoms with Crippen LogP contribution in [0.15, 0.2) is 24.5 Å². The Kier molecular flexibility index (Phi) is 4.56. The van der Waals surface area contributed by atoms with Gasteiger partial charge in [-0.05, 0) is 25.5 Å². The second kappa shape index (κ2) is 6.50. The first kappa shape index (κ1) is 19.6. The van der Waals surface area contributed by atoms with Crippen LogP contribution in [0.1, 0.15) is 23.2 Å². The number of carbonyl (C=O) groups is 2. The molecule has 150 valence electrons. The molecular weight excluding hydrogens is 377 g/mol. The van der Waals surface area contributed by atoms with E-state index in [1.165, 1.54) is 28.9 Å². The summed E-state index contributed by atoms with van der Waals surface area (Å²) in [5, 5.41) is 4.03. The minimum atomic E-state index is -4.60. The van der Waals surface area contributed by atoms with E-state index in [1.807, 2.05) is 0 Å². The van der Waals surface area contributed by atoms with Gasteiger partial charge in [0.25, 0.3) is 0 Å². The van der Waals surface area contributed by atoms with Crippen molar-refractivity contribution in [2.75, 3.05) is 11.4 Å². The molecule has 28 heavy (non-hydrogen) atoms. The van der Waals surface area contributed by atoms with Crippen molar-refractivity contribution in [3.63, 3.8) is 0 Å². The number of anilines is 1. The summed E-state index contributed by atoms with van der Waals surface area (Å²) in [5.74, 6) is -2.43. The molecule has 1 aliphatic heterocycles. The summed E-state index contributed by atoms with van der Waals surface area (Å²) < 4.78 is 41.3. The molecule has 11 heteroatoms. The lowest BCUT2D eigenvalue weighted by Gasteiger charge is -2.36. The van der Waals surface area contributed by atoms with Gasteiger partial charge in [0.2, 0.25) is 11.8 Å². The van der Waals surface area contributed by atoms with Gasteiger partial charge in [0.15, 0.2) is 0 Å². The normalized spacial score (nSPS) is 22.5.